The number of aromatic nitrogens is 1. The first-order valence-electron chi connectivity index (χ1n) is 5.92. The lowest BCUT2D eigenvalue weighted by molar-refractivity contribution is -0.145. The lowest BCUT2D eigenvalue weighted by Crippen LogP contribution is -2.05. The van der Waals surface area contributed by atoms with Crippen LogP contribution in [-0.2, 0) is 22.6 Å². The second-order valence-electron chi connectivity index (χ2n) is 3.91. The molecule has 0 atom stereocenters. The normalized spacial score (nSPS) is 10.2. The predicted molar refractivity (Wildman–Crippen MR) is 71.3 cm³/mol. The molecule has 0 aliphatic heterocycles. The molecule has 94 valence electrons. The number of rotatable bonds is 6. The van der Waals surface area contributed by atoms with E-state index in [1.165, 1.54) is 4.88 Å². The molecule has 2 aromatic heterocycles. The van der Waals surface area contributed by atoms with E-state index in [9.17, 15) is 4.79 Å². The van der Waals surface area contributed by atoms with Gasteiger partial charge < -0.3 is 4.74 Å². The van der Waals surface area contributed by atoms with Crippen molar-refractivity contribution in [3.63, 3.8) is 0 Å². The molecule has 0 saturated heterocycles. The second-order valence-corrected chi connectivity index (χ2v) is 4.95. The first kappa shape index (κ1) is 12.8. The van der Waals surface area contributed by atoms with Crippen molar-refractivity contribution in [3.8, 4) is 0 Å². The molecule has 3 nitrogen and oxygen atoms in total. The molecule has 2 aromatic rings. The Labute approximate surface area is 110 Å². The van der Waals surface area contributed by atoms with Gasteiger partial charge in [0, 0.05) is 17.5 Å². The smallest absolute Gasteiger partial charge is 0.306 e. The number of aryl methyl sites for hydroxylation is 1. The monoisotopic (exact) mass is 261 g/mol. The summed E-state index contributed by atoms with van der Waals surface area (Å²) in [5, 5.41) is 2.05. The maximum atomic E-state index is 11.5. The van der Waals surface area contributed by atoms with E-state index in [2.05, 4.69) is 16.4 Å². The third kappa shape index (κ3) is 4.30. The van der Waals surface area contributed by atoms with Crippen molar-refractivity contribution in [1.29, 1.82) is 0 Å². The topological polar surface area (TPSA) is 39.2 Å². The van der Waals surface area contributed by atoms with Crippen LogP contribution in [0.2, 0.25) is 0 Å². The van der Waals surface area contributed by atoms with E-state index >= 15 is 0 Å². The summed E-state index contributed by atoms with van der Waals surface area (Å²) in [6.07, 6.45) is 3.93. The van der Waals surface area contributed by atoms with Crippen LogP contribution in [0.25, 0.3) is 0 Å². The van der Waals surface area contributed by atoms with Crippen LogP contribution in [-0.4, -0.2) is 11.0 Å². The van der Waals surface area contributed by atoms with Crippen molar-refractivity contribution in [2.45, 2.75) is 25.9 Å². The fourth-order valence-electron chi connectivity index (χ4n) is 1.57. The Morgan fingerprint density at radius 2 is 2.22 bits per heavy atom. The van der Waals surface area contributed by atoms with E-state index < -0.39 is 0 Å². The lowest BCUT2D eigenvalue weighted by Gasteiger charge is -2.03. The number of thiophene rings is 1. The third-order valence-electron chi connectivity index (χ3n) is 2.49. The zero-order chi connectivity index (χ0) is 12.6. The number of hydrogen-bond donors (Lipinski definition) is 0. The highest BCUT2D eigenvalue weighted by molar-refractivity contribution is 7.09. The van der Waals surface area contributed by atoms with Crippen LogP contribution < -0.4 is 0 Å². The number of ether oxygens (including phenoxy) is 1. The molecular weight excluding hydrogens is 246 g/mol. The molecule has 0 unspecified atom stereocenters. The van der Waals surface area contributed by atoms with E-state index in [4.69, 9.17) is 4.74 Å². The minimum Gasteiger partial charge on any atom is -0.459 e. The molecule has 0 aliphatic carbocycles. The van der Waals surface area contributed by atoms with Gasteiger partial charge in [0.25, 0.3) is 0 Å². The van der Waals surface area contributed by atoms with E-state index in [0.29, 0.717) is 6.42 Å². The SMILES string of the molecule is O=C(CCCc1cccs1)OCc1ccccn1. The highest BCUT2D eigenvalue weighted by Gasteiger charge is 2.04. The molecule has 0 fully saturated rings. The summed E-state index contributed by atoms with van der Waals surface area (Å²) in [5.74, 6) is -0.155. The van der Waals surface area contributed by atoms with Crippen LogP contribution in [0.15, 0.2) is 41.9 Å². The Hall–Kier alpha value is -1.68. The first-order valence-corrected chi connectivity index (χ1v) is 6.80. The van der Waals surface area contributed by atoms with Crippen LogP contribution >= 0.6 is 11.3 Å². The minimum absolute atomic E-state index is 0.155. The molecule has 0 aliphatic rings. The summed E-state index contributed by atoms with van der Waals surface area (Å²) in [6.45, 7) is 0.263. The minimum atomic E-state index is -0.155. The summed E-state index contributed by atoms with van der Waals surface area (Å²) < 4.78 is 5.15. The molecule has 0 amide bonds. The Morgan fingerprint density at radius 3 is 2.94 bits per heavy atom. The molecule has 4 heteroatoms. The van der Waals surface area contributed by atoms with Crippen molar-refractivity contribution in [3.05, 3.63) is 52.5 Å². The summed E-state index contributed by atoms with van der Waals surface area (Å²) in [6, 6.07) is 9.68. The van der Waals surface area contributed by atoms with Gasteiger partial charge in [-0.15, -0.1) is 11.3 Å². The van der Waals surface area contributed by atoms with Crippen LogP contribution in [0.5, 0.6) is 0 Å². The fourth-order valence-corrected chi connectivity index (χ4v) is 2.32. The Kier molecular flexibility index (Phi) is 4.90. The van der Waals surface area contributed by atoms with E-state index in [1.54, 1.807) is 17.5 Å². The number of esters is 1. The molecule has 0 saturated carbocycles. The summed E-state index contributed by atoms with van der Waals surface area (Å²) >= 11 is 1.72. The van der Waals surface area contributed by atoms with Gasteiger partial charge in [-0.1, -0.05) is 12.1 Å². The summed E-state index contributed by atoms with van der Waals surface area (Å²) in [7, 11) is 0. The van der Waals surface area contributed by atoms with E-state index in [1.807, 2.05) is 24.3 Å². The fraction of sp³-hybridized carbons (Fsp3) is 0.286. The van der Waals surface area contributed by atoms with Gasteiger partial charge in [0.1, 0.15) is 6.61 Å². The van der Waals surface area contributed by atoms with Gasteiger partial charge in [-0.3, -0.25) is 9.78 Å². The van der Waals surface area contributed by atoms with Gasteiger partial charge in [0.15, 0.2) is 0 Å². The maximum absolute atomic E-state index is 11.5. The molecule has 18 heavy (non-hydrogen) atoms. The average Bonchev–Trinajstić information content (AvgIpc) is 2.91. The maximum Gasteiger partial charge on any atom is 0.306 e. The Morgan fingerprint density at radius 1 is 1.28 bits per heavy atom. The molecular formula is C14H15NO2S. The molecule has 2 rings (SSSR count). The van der Waals surface area contributed by atoms with Crippen LogP contribution in [0.1, 0.15) is 23.4 Å². The number of pyridine rings is 1. The third-order valence-corrected chi connectivity index (χ3v) is 3.43. The van der Waals surface area contributed by atoms with Crippen molar-refractivity contribution in [1.82, 2.24) is 4.98 Å². The highest BCUT2D eigenvalue weighted by Crippen LogP contribution is 2.12. The largest absolute Gasteiger partial charge is 0.459 e. The zero-order valence-corrected chi connectivity index (χ0v) is 10.9. The van der Waals surface area contributed by atoms with Crippen LogP contribution in [0.3, 0.4) is 0 Å². The summed E-state index contributed by atoms with van der Waals surface area (Å²) in [4.78, 5) is 16.9. The van der Waals surface area contributed by atoms with Crippen molar-refractivity contribution >= 4 is 17.3 Å². The lowest BCUT2D eigenvalue weighted by atomic mass is 10.2. The number of carbonyl (C=O) groups excluding carboxylic acids is 1. The van der Waals surface area contributed by atoms with Gasteiger partial charge >= 0.3 is 5.97 Å². The molecule has 0 bridgehead atoms. The Bertz CT molecular complexity index is 468. The second kappa shape index (κ2) is 6.91. The summed E-state index contributed by atoms with van der Waals surface area (Å²) in [5.41, 5.74) is 0.782. The molecule has 2 heterocycles. The number of carbonyl (C=O) groups is 1. The van der Waals surface area contributed by atoms with Gasteiger partial charge in [-0.25, -0.2) is 0 Å². The van der Waals surface area contributed by atoms with E-state index in [0.717, 1.165) is 18.5 Å². The molecule has 0 N–H and O–H groups in total. The van der Waals surface area contributed by atoms with Gasteiger partial charge in [-0.2, -0.15) is 0 Å². The van der Waals surface area contributed by atoms with Crippen LogP contribution in [0.4, 0.5) is 0 Å². The Balaban J connectivity index is 1.63. The quantitative estimate of drug-likeness (QED) is 0.749. The molecule has 0 radical (unpaired) electrons. The number of hydrogen-bond acceptors (Lipinski definition) is 4. The number of nitrogens with zero attached hydrogens (tertiary/aromatic N) is 1. The zero-order valence-electron chi connectivity index (χ0n) is 10.0. The highest BCUT2D eigenvalue weighted by atomic mass is 32.1. The van der Waals surface area contributed by atoms with Crippen molar-refractivity contribution in [2.75, 3.05) is 0 Å². The predicted octanol–water partition coefficient (Wildman–Crippen LogP) is 3.21. The van der Waals surface area contributed by atoms with Crippen molar-refractivity contribution < 1.29 is 9.53 Å². The molecule has 0 aromatic carbocycles. The van der Waals surface area contributed by atoms with Gasteiger partial charge in [0.2, 0.25) is 0 Å². The van der Waals surface area contributed by atoms with E-state index in [-0.39, 0.29) is 12.6 Å². The first-order chi connectivity index (χ1) is 8.84. The van der Waals surface area contributed by atoms with Gasteiger partial charge in [-0.05, 0) is 36.4 Å². The van der Waals surface area contributed by atoms with Crippen LogP contribution in [0, 0.1) is 0 Å². The standard InChI is InChI=1S/C14H15NO2S/c16-14(8-3-6-13-7-4-10-18-13)17-11-12-5-1-2-9-15-12/h1-2,4-5,7,9-10H,3,6,8,11H2. The average molecular weight is 261 g/mol. The molecule has 0 spiro atoms. The van der Waals surface area contributed by atoms with Gasteiger partial charge in [0.05, 0.1) is 5.69 Å². The van der Waals surface area contributed by atoms with Crippen molar-refractivity contribution in [2.24, 2.45) is 0 Å².